The van der Waals surface area contributed by atoms with Crippen molar-refractivity contribution in [3.63, 3.8) is 0 Å². The molecule has 114 valence electrons. The molecule has 1 heterocycles. The van der Waals surface area contributed by atoms with E-state index in [1.807, 2.05) is 47.6 Å². The molecular formula is C16H30BNO2. The molecule has 1 rings (SSSR count). The molecule has 3 nitrogen and oxygen atoms in total. The highest BCUT2D eigenvalue weighted by molar-refractivity contribution is 6.54. The molecule has 0 aromatic rings. The summed E-state index contributed by atoms with van der Waals surface area (Å²) in [7, 11) is -0.322. The van der Waals surface area contributed by atoms with Crippen LogP contribution in [0.5, 0.6) is 0 Å². The van der Waals surface area contributed by atoms with E-state index in [4.69, 9.17) is 15.0 Å². The Balaban J connectivity index is 0.00000172. The third-order valence-corrected chi connectivity index (χ3v) is 3.63. The zero-order valence-electron chi connectivity index (χ0n) is 14.1. The lowest BCUT2D eigenvalue weighted by atomic mass is 9.76. The minimum atomic E-state index is -0.322. The SMILES string of the molecule is C=C/C=C(N)\C=C(/CC)B1OC(C)(C)C(C)(C)O1.CC. The largest absolute Gasteiger partial charge is 0.490 e. The lowest BCUT2D eigenvalue weighted by molar-refractivity contribution is 0.00578. The summed E-state index contributed by atoms with van der Waals surface area (Å²) >= 11 is 0. The van der Waals surface area contributed by atoms with Gasteiger partial charge in [0, 0.05) is 5.70 Å². The van der Waals surface area contributed by atoms with Crippen molar-refractivity contribution in [1.29, 1.82) is 0 Å². The van der Waals surface area contributed by atoms with Gasteiger partial charge in [-0.3, -0.25) is 0 Å². The summed E-state index contributed by atoms with van der Waals surface area (Å²) in [6, 6.07) is 0. The summed E-state index contributed by atoms with van der Waals surface area (Å²) < 4.78 is 12.0. The summed E-state index contributed by atoms with van der Waals surface area (Å²) in [5.74, 6) is 0. The molecule has 2 N–H and O–H groups in total. The third kappa shape index (κ3) is 4.53. The molecule has 0 saturated carbocycles. The quantitative estimate of drug-likeness (QED) is 0.624. The second-order valence-corrected chi connectivity index (χ2v) is 5.56. The molecule has 0 aliphatic carbocycles. The first-order chi connectivity index (χ1) is 9.23. The van der Waals surface area contributed by atoms with Crippen LogP contribution in [-0.4, -0.2) is 18.3 Å². The maximum absolute atomic E-state index is 6.00. The summed E-state index contributed by atoms with van der Waals surface area (Å²) in [6.07, 6.45) is 6.18. The van der Waals surface area contributed by atoms with E-state index in [-0.39, 0.29) is 18.3 Å². The van der Waals surface area contributed by atoms with E-state index in [2.05, 4.69) is 13.5 Å². The molecule has 0 spiro atoms. The Morgan fingerprint density at radius 3 is 1.95 bits per heavy atom. The normalized spacial score (nSPS) is 21.2. The first-order valence-corrected chi connectivity index (χ1v) is 7.38. The van der Waals surface area contributed by atoms with Crippen LogP contribution in [0.1, 0.15) is 54.9 Å². The zero-order valence-corrected chi connectivity index (χ0v) is 14.1. The van der Waals surface area contributed by atoms with Crippen molar-refractivity contribution in [2.45, 2.75) is 66.1 Å². The minimum absolute atomic E-state index is 0.317. The van der Waals surface area contributed by atoms with Gasteiger partial charge in [0.2, 0.25) is 0 Å². The second kappa shape index (κ2) is 7.70. The smallest absolute Gasteiger partial charge is 0.400 e. The Labute approximate surface area is 125 Å². The highest BCUT2D eigenvalue weighted by Crippen LogP contribution is 2.39. The first-order valence-electron chi connectivity index (χ1n) is 7.38. The number of hydrogen-bond acceptors (Lipinski definition) is 3. The van der Waals surface area contributed by atoms with Crippen LogP contribution in [0.15, 0.2) is 36.0 Å². The fraction of sp³-hybridized carbons (Fsp3) is 0.625. The van der Waals surface area contributed by atoms with E-state index >= 15 is 0 Å². The van der Waals surface area contributed by atoms with Gasteiger partial charge in [-0.05, 0) is 51.7 Å². The number of nitrogens with two attached hydrogens (primary N) is 1. The highest BCUT2D eigenvalue weighted by Gasteiger charge is 2.51. The molecule has 0 amide bonds. The van der Waals surface area contributed by atoms with Gasteiger partial charge in [0.1, 0.15) is 0 Å². The fourth-order valence-corrected chi connectivity index (χ4v) is 1.73. The average molecular weight is 279 g/mol. The fourth-order valence-electron chi connectivity index (χ4n) is 1.73. The standard InChI is InChI=1S/C14H24BNO2.C2H6/c1-7-9-12(16)10-11(8-2)15-17-13(3,4)14(5,6)18-15;1-2/h7,9-10H,1,8,16H2,2-6H3;1-2H3/b11-10+,12-9+;. The molecule has 0 aromatic carbocycles. The molecule has 1 aliphatic heterocycles. The molecule has 0 atom stereocenters. The topological polar surface area (TPSA) is 44.5 Å². The van der Waals surface area contributed by atoms with Gasteiger partial charge in [0.25, 0.3) is 0 Å². The molecule has 1 saturated heterocycles. The van der Waals surface area contributed by atoms with Gasteiger partial charge in [-0.1, -0.05) is 33.4 Å². The lowest BCUT2D eigenvalue weighted by Crippen LogP contribution is -2.41. The summed E-state index contributed by atoms with van der Waals surface area (Å²) in [5, 5.41) is 0. The molecule has 0 aromatic heterocycles. The zero-order chi connectivity index (χ0) is 16.0. The van der Waals surface area contributed by atoms with Crippen molar-refractivity contribution in [3.8, 4) is 0 Å². The molecule has 1 fully saturated rings. The molecule has 4 heteroatoms. The molecule has 1 aliphatic rings. The Morgan fingerprint density at radius 1 is 1.15 bits per heavy atom. The monoisotopic (exact) mass is 279 g/mol. The maximum atomic E-state index is 6.00. The molecule has 0 unspecified atom stereocenters. The van der Waals surface area contributed by atoms with Gasteiger partial charge >= 0.3 is 7.12 Å². The van der Waals surface area contributed by atoms with E-state index < -0.39 is 0 Å². The van der Waals surface area contributed by atoms with Crippen molar-refractivity contribution < 1.29 is 9.31 Å². The van der Waals surface area contributed by atoms with E-state index in [9.17, 15) is 0 Å². The Kier molecular flexibility index (Phi) is 7.32. The van der Waals surface area contributed by atoms with Crippen molar-refractivity contribution in [2.24, 2.45) is 5.73 Å². The summed E-state index contributed by atoms with van der Waals surface area (Å²) in [4.78, 5) is 0. The van der Waals surface area contributed by atoms with E-state index in [1.165, 1.54) is 0 Å². The van der Waals surface area contributed by atoms with Gasteiger partial charge in [0.05, 0.1) is 11.2 Å². The molecule has 0 bridgehead atoms. The van der Waals surface area contributed by atoms with Crippen LogP contribution >= 0.6 is 0 Å². The summed E-state index contributed by atoms with van der Waals surface area (Å²) in [6.45, 7) is 17.9. The summed E-state index contributed by atoms with van der Waals surface area (Å²) in [5.41, 5.74) is 6.94. The van der Waals surface area contributed by atoms with Gasteiger partial charge < -0.3 is 15.0 Å². The lowest BCUT2D eigenvalue weighted by Gasteiger charge is -2.32. The molecule has 0 radical (unpaired) electrons. The van der Waals surface area contributed by atoms with Gasteiger partial charge in [-0.25, -0.2) is 0 Å². The van der Waals surface area contributed by atoms with Crippen LogP contribution < -0.4 is 5.73 Å². The van der Waals surface area contributed by atoms with Crippen molar-refractivity contribution in [1.82, 2.24) is 0 Å². The number of rotatable bonds is 4. The number of allylic oxidation sites excluding steroid dienone is 4. The van der Waals surface area contributed by atoms with Crippen LogP contribution in [0, 0.1) is 0 Å². The Morgan fingerprint density at radius 2 is 1.60 bits per heavy atom. The second-order valence-electron chi connectivity index (χ2n) is 5.56. The van der Waals surface area contributed by atoms with E-state index in [1.54, 1.807) is 12.2 Å². The third-order valence-electron chi connectivity index (χ3n) is 3.63. The number of hydrogen-bond donors (Lipinski definition) is 1. The first kappa shape index (κ1) is 19.0. The molecular weight excluding hydrogens is 249 g/mol. The predicted molar refractivity (Wildman–Crippen MR) is 88.3 cm³/mol. The van der Waals surface area contributed by atoms with Crippen molar-refractivity contribution in [3.05, 3.63) is 36.0 Å². The van der Waals surface area contributed by atoms with Crippen LogP contribution in [0.3, 0.4) is 0 Å². The van der Waals surface area contributed by atoms with E-state index in [0.717, 1.165) is 11.9 Å². The predicted octanol–water partition coefficient (Wildman–Crippen LogP) is 4.01. The maximum Gasteiger partial charge on any atom is 0.490 e. The average Bonchev–Trinajstić information content (AvgIpc) is 2.58. The van der Waals surface area contributed by atoms with Gasteiger partial charge in [0.15, 0.2) is 0 Å². The van der Waals surface area contributed by atoms with E-state index in [0.29, 0.717) is 5.70 Å². The van der Waals surface area contributed by atoms with Crippen LogP contribution in [0.4, 0.5) is 0 Å². The Bertz CT molecular complexity index is 368. The Hall–Kier alpha value is -0.995. The highest BCUT2D eigenvalue weighted by atomic mass is 16.7. The van der Waals surface area contributed by atoms with Crippen molar-refractivity contribution in [2.75, 3.05) is 0 Å². The van der Waals surface area contributed by atoms with Crippen LogP contribution in [-0.2, 0) is 9.31 Å². The molecule has 20 heavy (non-hydrogen) atoms. The van der Waals surface area contributed by atoms with Crippen LogP contribution in [0.25, 0.3) is 0 Å². The minimum Gasteiger partial charge on any atom is -0.400 e. The van der Waals surface area contributed by atoms with Crippen LogP contribution in [0.2, 0.25) is 0 Å². The van der Waals surface area contributed by atoms with Gasteiger partial charge in [-0.2, -0.15) is 0 Å². The van der Waals surface area contributed by atoms with Crippen molar-refractivity contribution >= 4 is 7.12 Å². The van der Waals surface area contributed by atoms with Gasteiger partial charge in [-0.15, -0.1) is 0 Å².